The van der Waals surface area contributed by atoms with Crippen molar-refractivity contribution in [2.45, 2.75) is 13.8 Å². The second kappa shape index (κ2) is 8.08. The summed E-state index contributed by atoms with van der Waals surface area (Å²) in [6.45, 7) is 9.51. The minimum absolute atomic E-state index is 0. The SMILES string of the molecule is CC[N+](C)(C)CC[N+](C)(C)CC.[Br-].[Br-]. The van der Waals surface area contributed by atoms with E-state index >= 15 is 0 Å². The van der Waals surface area contributed by atoms with Gasteiger partial charge in [-0.1, -0.05) is 0 Å². The third kappa shape index (κ3) is 9.44. The molecular weight excluding hydrogens is 308 g/mol. The Morgan fingerprint density at radius 1 is 0.643 bits per heavy atom. The molecule has 90 valence electrons. The maximum Gasteiger partial charge on any atom is 0.128 e. The fraction of sp³-hybridized carbons (Fsp3) is 1.00. The molecule has 0 spiro atoms. The minimum Gasteiger partial charge on any atom is -1.00 e. The van der Waals surface area contributed by atoms with Gasteiger partial charge >= 0.3 is 0 Å². The quantitative estimate of drug-likeness (QED) is 0.443. The lowest BCUT2D eigenvalue weighted by Gasteiger charge is -2.34. The zero-order valence-electron chi connectivity index (χ0n) is 10.5. The van der Waals surface area contributed by atoms with Crippen molar-refractivity contribution in [2.75, 3.05) is 54.4 Å². The molecule has 4 heteroatoms. The van der Waals surface area contributed by atoms with Crippen LogP contribution < -0.4 is 34.0 Å². The summed E-state index contributed by atoms with van der Waals surface area (Å²) in [4.78, 5) is 0. The third-order valence-electron chi connectivity index (χ3n) is 3.02. The molecule has 0 heterocycles. The Hall–Kier alpha value is 0.880. The molecule has 0 aliphatic rings. The molecular formula is C10H26Br2N2. The van der Waals surface area contributed by atoms with Crippen molar-refractivity contribution in [3.63, 3.8) is 0 Å². The molecule has 0 atom stereocenters. The van der Waals surface area contributed by atoms with Crippen molar-refractivity contribution in [1.29, 1.82) is 0 Å². The van der Waals surface area contributed by atoms with Gasteiger partial charge in [-0.25, -0.2) is 0 Å². The topological polar surface area (TPSA) is 0 Å². The number of rotatable bonds is 5. The van der Waals surface area contributed by atoms with Gasteiger partial charge in [0, 0.05) is 0 Å². The van der Waals surface area contributed by atoms with Gasteiger partial charge in [0.05, 0.1) is 41.3 Å². The highest BCUT2D eigenvalue weighted by Crippen LogP contribution is 2.01. The summed E-state index contributed by atoms with van der Waals surface area (Å²) in [6, 6.07) is 0. The van der Waals surface area contributed by atoms with Crippen molar-refractivity contribution in [2.24, 2.45) is 0 Å². The van der Waals surface area contributed by atoms with Gasteiger partial charge in [-0.05, 0) is 13.8 Å². The molecule has 0 fully saturated rings. The molecule has 0 aromatic heterocycles. The molecule has 0 radical (unpaired) electrons. The zero-order chi connectivity index (χ0) is 9.83. The number of hydrogen-bond acceptors (Lipinski definition) is 0. The lowest BCUT2D eigenvalue weighted by molar-refractivity contribution is -0.944. The molecule has 0 aromatic rings. The Morgan fingerprint density at radius 2 is 0.857 bits per heavy atom. The fourth-order valence-electron chi connectivity index (χ4n) is 0.858. The van der Waals surface area contributed by atoms with E-state index in [4.69, 9.17) is 0 Å². The number of nitrogens with zero attached hydrogens (tertiary/aromatic N) is 2. The van der Waals surface area contributed by atoms with Crippen LogP contribution in [0.5, 0.6) is 0 Å². The summed E-state index contributed by atoms with van der Waals surface area (Å²) in [6.07, 6.45) is 0. The molecule has 0 aromatic carbocycles. The maximum atomic E-state index is 2.30. The van der Waals surface area contributed by atoms with Crippen molar-refractivity contribution in [3.8, 4) is 0 Å². The lowest BCUT2D eigenvalue weighted by atomic mass is 10.4. The van der Waals surface area contributed by atoms with Crippen molar-refractivity contribution < 1.29 is 42.9 Å². The highest BCUT2D eigenvalue weighted by atomic mass is 79.9. The summed E-state index contributed by atoms with van der Waals surface area (Å²) < 4.78 is 2.28. The van der Waals surface area contributed by atoms with Gasteiger partial charge in [-0.15, -0.1) is 0 Å². The molecule has 0 unspecified atom stereocenters. The molecule has 14 heavy (non-hydrogen) atoms. The van der Waals surface area contributed by atoms with Gasteiger partial charge in [0.15, 0.2) is 0 Å². The first-order valence-electron chi connectivity index (χ1n) is 4.97. The Kier molecular flexibility index (Phi) is 11.7. The molecule has 0 N–H and O–H groups in total. The molecule has 0 saturated heterocycles. The summed E-state index contributed by atoms with van der Waals surface area (Å²) in [7, 11) is 9.20. The lowest BCUT2D eigenvalue weighted by Crippen LogP contribution is -3.00. The average Bonchev–Trinajstić information content (AvgIpc) is 2.02. The minimum atomic E-state index is 0. The van der Waals surface area contributed by atoms with E-state index in [0.717, 1.165) is 8.97 Å². The van der Waals surface area contributed by atoms with E-state index in [1.807, 2.05) is 0 Å². The van der Waals surface area contributed by atoms with Crippen molar-refractivity contribution in [1.82, 2.24) is 0 Å². The molecule has 0 aliphatic heterocycles. The average molecular weight is 334 g/mol. The summed E-state index contributed by atoms with van der Waals surface area (Å²) in [5.74, 6) is 0. The Balaban J connectivity index is -0.000000605. The highest BCUT2D eigenvalue weighted by molar-refractivity contribution is 4.32. The molecule has 0 aliphatic carbocycles. The van der Waals surface area contributed by atoms with Crippen molar-refractivity contribution >= 4 is 0 Å². The van der Waals surface area contributed by atoms with Gasteiger partial charge < -0.3 is 42.9 Å². The van der Waals surface area contributed by atoms with Gasteiger partial charge in [0.25, 0.3) is 0 Å². The van der Waals surface area contributed by atoms with Crippen LogP contribution in [0.3, 0.4) is 0 Å². The van der Waals surface area contributed by atoms with E-state index in [9.17, 15) is 0 Å². The molecule has 2 nitrogen and oxygen atoms in total. The van der Waals surface area contributed by atoms with Gasteiger partial charge in [0.2, 0.25) is 0 Å². The van der Waals surface area contributed by atoms with E-state index in [2.05, 4.69) is 42.0 Å². The van der Waals surface area contributed by atoms with Crippen LogP contribution in [0, 0.1) is 0 Å². The highest BCUT2D eigenvalue weighted by Gasteiger charge is 2.19. The van der Waals surface area contributed by atoms with Crippen LogP contribution >= 0.6 is 0 Å². The van der Waals surface area contributed by atoms with Crippen LogP contribution in [0.15, 0.2) is 0 Å². The maximum absolute atomic E-state index is 2.30. The van der Waals surface area contributed by atoms with Crippen LogP contribution in [-0.4, -0.2) is 63.3 Å². The van der Waals surface area contributed by atoms with Gasteiger partial charge in [-0.3, -0.25) is 0 Å². The molecule has 0 amide bonds. The first kappa shape index (κ1) is 20.3. The standard InChI is InChI=1S/C10H26N2.2BrH/c1-7-11(3,4)9-10-12(5,6)8-2;;/h7-10H2,1-6H3;2*1H/q+2;;/p-2. The van der Waals surface area contributed by atoms with Crippen LogP contribution in [0.25, 0.3) is 0 Å². The monoisotopic (exact) mass is 332 g/mol. The van der Waals surface area contributed by atoms with E-state index in [-0.39, 0.29) is 34.0 Å². The summed E-state index contributed by atoms with van der Waals surface area (Å²) in [5.41, 5.74) is 0. The van der Waals surface area contributed by atoms with E-state index < -0.39 is 0 Å². The Morgan fingerprint density at radius 3 is 1.00 bits per heavy atom. The zero-order valence-corrected chi connectivity index (χ0v) is 13.7. The van der Waals surface area contributed by atoms with Gasteiger partial charge in [0.1, 0.15) is 13.1 Å². The van der Waals surface area contributed by atoms with E-state index in [1.54, 1.807) is 0 Å². The number of quaternary nitrogens is 2. The predicted molar refractivity (Wildman–Crippen MR) is 55.0 cm³/mol. The number of hydrogen-bond donors (Lipinski definition) is 0. The van der Waals surface area contributed by atoms with Crippen LogP contribution in [0.1, 0.15) is 13.8 Å². The van der Waals surface area contributed by atoms with Crippen LogP contribution in [0.2, 0.25) is 0 Å². The van der Waals surface area contributed by atoms with E-state index in [1.165, 1.54) is 26.2 Å². The van der Waals surface area contributed by atoms with E-state index in [0.29, 0.717) is 0 Å². The normalized spacial score (nSPS) is 11.6. The summed E-state index contributed by atoms with van der Waals surface area (Å²) >= 11 is 0. The predicted octanol–water partition coefficient (Wildman–Crippen LogP) is -4.81. The first-order chi connectivity index (χ1) is 5.33. The second-order valence-electron chi connectivity index (χ2n) is 4.95. The molecule has 0 saturated carbocycles. The largest absolute Gasteiger partial charge is 1.00 e. The third-order valence-corrected chi connectivity index (χ3v) is 3.02. The second-order valence-corrected chi connectivity index (χ2v) is 4.95. The first-order valence-corrected chi connectivity index (χ1v) is 4.97. The molecule has 0 rings (SSSR count). The fourth-order valence-corrected chi connectivity index (χ4v) is 0.858. The Bertz CT molecular complexity index is 120. The summed E-state index contributed by atoms with van der Waals surface area (Å²) in [5, 5.41) is 0. The van der Waals surface area contributed by atoms with Gasteiger partial charge in [-0.2, -0.15) is 0 Å². The smallest absolute Gasteiger partial charge is 0.128 e. The van der Waals surface area contributed by atoms with Crippen LogP contribution in [0.4, 0.5) is 0 Å². The molecule has 0 bridgehead atoms. The Labute approximate surface area is 111 Å². The number of halogens is 2. The van der Waals surface area contributed by atoms with Crippen molar-refractivity contribution in [3.05, 3.63) is 0 Å². The van der Waals surface area contributed by atoms with Crippen LogP contribution in [-0.2, 0) is 0 Å². The number of likely N-dealkylation sites (N-methyl/N-ethyl adjacent to an activating group) is 2.